The Balaban J connectivity index is 2.37. The third kappa shape index (κ3) is 2.49. The summed E-state index contributed by atoms with van der Waals surface area (Å²) in [5, 5.41) is 11.4. The van der Waals surface area contributed by atoms with Crippen LogP contribution < -0.4 is 5.09 Å². The molecule has 0 spiro atoms. The number of hydrogen-bond acceptors (Lipinski definition) is 3. The molecule has 1 fully saturated rings. The van der Waals surface area contributed by atoms with Gasteiger partial charge in [0, 0.05) is 12.5 Å². The Hall–Kier alpha value is -0.580. The molecule has 0 aromatic rings. The lowest BCUT2D eigenvalue weighted by molar-refractivity contribution is 0.143. The minimum Gasteiger partial charge on any atom is -0.496 e. The van der Waals surface area contributed by atoms with Crippen molar-refractivity contribution in [2.45, 2.75) is 18.9 Å². The fraction of sp³-hybridized carbons (Fsp3) is 0.571. The highest BCUT2D eigenvalue weighted by atomic mass is 31.0. The number of nitriles is 1. The van der Waals surface area contributed by atoms with Crippen LogP contribution in [0.1, 0.15) is 12.8 Å². The first kappa shape index (κ1) is 8.52. The second-order valence-electron chi connectivity index (χ2n) is 2.45. The number of ether oxygens (including phenoxy) is 1. The summed E-state index contributed by atoms with van der Waals surface area (Å²) in [5.41, 5.74) is 0. The maximum absolute atomic E-state index is 8.32. The summed E-state index contributed by atoms with van der Waals surface area (Å²) in [6.45, 7) is 0.664. The van der Waals surface area contributed by atoms with E-state index in [9.17, 15) is 0 Å². The van der Waals surface area contributed by atoms with Gasteiger partial charge in [0.25, 0.3) is 0 Å². The average Bonchev–Trinajstić information content (AvgIpc) is 2.07. The fourth-order valence-electron chi connectivity index (χ4n) is 0.997. The van der Waals surface area contributed by atoms with Gasteiger partial charge >= 0.3 is 0 Å². The van der Waals surface area contributed by atoms with Crippen molar-refractivity contribution in [2.75, 3.05) is 6.61 Å². The molecule has 2 atom stereocenters. The molecule has 0 radical (unpaired) electrons. The van der Waals surface area contributed by atoms with Crippen LogP contribution in [0.2, 0.25) is 0 Å². The molecule has 1 aliphatic rings. The third-order valence-electron chi connectivity index (χ3n) is 1.67. The smallest absolute Gasteiger partial charge is 0.107 e. The first-order chi connectivity index (χ1) is 5.36. The van der Waals surface area contributed by atoms with Crippen LogP contribution in [0.5, 0.6) is 0 Å². The molecule has 0 aliphatic carbocycles. The Morgan fingerprint density at radius 2 is 2.64 bits per heavy atom. The molecule has 0 aromatic heterocycles. The predicted octanol–water partition coefficient (Wildman–Crippen LogP) is 0.953. The molecule has 3 nitrogen and oxygen atoms in total. The SMILES string of the molecule is N#CC=C1CC[C@H](NP)CO1. The average molecular weight is 170 g/mol. The summed E-state index contributed by atoms with van der Waals surface area (Å²) in [6.07, 6.45) is 3.37. The van der Waals surface area contributed by atoms with E-state index in [0.29, 0.717) is 12.6 Å². The highest BCUT2D eigenvalue weighted by molar-refractivity contribution is 7.13. The molecule has 0 amide bonds. The van der Waals surface area contributed by atoms with Gasteiger partial charge in [-0.2, -0.15) is 5.26 Å². The van der Waals surface area contributed by atoms with Crippen LogP contribution >= 0.6 is 9.39 Å². The summed E-state index contributed by atoms with van der Waals surface area (Å²) >= 11 is 0. The Bertz CT molecular complexity index is 187. The van der Waals surface area contributed by atoms with Crippen LogP contribution in [0.4, 0.5) is 0 Å². The predicted molar refractivity (Wildman–Crippen MR) is 45.5 cm³/mol. The summed E-state index contributed by atoms with van der Waals surface area (Å²) < 4.78 is 5.28. The van der Waals surface area contributed by atoms with Gasteiger partial charge in [-0.3, -0.25) is 5.09 Å². The van der Waals surface area contributed by atoms with Crippen molar-refractivity contribution in [3.8, 4) is 6.07 Å². The number of nitrogens with one attached hydrogen (secondary N) is 1. The third-order valence-corrected chi connectivity index (χ3v) is 2.14. The minimum atomic E-state index is 0.413. The molecule has 1 aliphatic heterocycles. The molecule has 60 valence electrons. The van der Waals surface area contributed by atoms with Crippen LogP contribution in [0.15, 0.2) is 11.8 Å². The van der Waals surface area contributed by atoms with E-state index in [1.165, 1.54) is 6.08 Å². The second kappa shape index (κ2) is 4.33. The van der Waals surface area contributed by atoms with E-state index < -0.39 is 0 Å². The molecule has 0 bridgehead atoms. The van der Waals surface area contributed by atoms with Gasteiger partial charge in [0.1, 0.15) is 12.4 Å². The largest absolute Gasteiger partial charge is 0.496 e. The topological polar surface area (TPSA) is 45.0 Å². The van der Waals surface area contributed by atoms with Crippen molar-refractivity contribution in [1.82, 2.24) is 5.09 Å². The molecule has 1 unspecified atom stereocenters. The van der Waals surface area contributed by atoms with Crippen molar-refractivity contribution in [1.29, 1.82) is 5.26 Å². The van der Waals surface area contributed by atoms with Gasteiger partial charge < -0.3 is 4.74 Å². The van der Waals surface area contributed by atoms with E-state index in [-0.39, 0.29) is 0 Å². The van der Waals surface area contributed by atoms with Crippen molar-refractivity contribution in [3.63, 3.8) is 0 Å². The summed E-state index contributed by atoms with van der Waals surface area (Å²) in [5.74, 6) is 0.809. The van der Waals surface area contributed by atoms with Crippen molar-refractivity contribution < 1.29 is 4.74 Å². The zero-order valence-corrected chi connectivity index (χ0v) is 7.36. The van der Waals surface area contributed by atoms with Crippen LogP contribution in [-0.4, -0.2) is 12.6 Å². The summed E-state index contributed by atoms with van der Waals surface area (Å²) in [7, 11) is 2.47. The Morgan fingerprint density at radius 3 is 3.09 bits per heavy atom. The van der Waals surface area contributed by atoms with Gasteiger partial charge in [-0.25, -0.2) is 0 Å². The molecule has 1 rings (SSSR count). The van der Waals surface area contributed by atoms with Crippen LogP contribution in [0.3, 0.4) is 0 Å². The maximum atomic E-state index is 8.32. The Labute approximate surface area is 68.7 Å². The van der Waals surface area contributed by atoms with Crippen LogP contribution in [-0.2, 0) is 4.74 Å². The van der Waals surface area contributed by atoms with Crippen LogP contribution in [0, 0.1) is 11.3 Å². The van der Waals surface area contributed by atoms with E-state index in [1.807, 2.05) is 6.07 Å². The zero-order valence-electron chi connectivity index (χ0n) is 6.21. The highest BCUT2D eigenvalue weighted by Crippen LogP contribution is 2.16. The van der Waals surface area contributed by atoms with Crippen LogP contribution in [0.25, 0.3) is 0 Å². The lowest BCUT2D eigenvalue weighted by atomic mass is 10.1. The summed E-state index contributed by atoms with van der Waals surface area (Å²) in [4.78, 5) is 0. The van der Waals surface area contributed by atoms with Gasteiger partial charge in [0.15, 0.2) is 0 Å². The number of nitrogens with zero attached hydrogens (tertiary/aromatic N) is 1. The number of hydrogen-bond donors (Lipinski definition) is 1. The lowest BCUT2D eigenvalue weighted by Crippen LogP contribution is -2.29. The highest BCUT2D eigenvalue weighted by Gasteiger charge is 2.14. The number of allylic oxidation sites excluding steroid dienone is 2. The normalized spacial score (nSPS) is 27.6. The molecule has 1 saturated heterocycles. The fourth-order valence-corrected chi connectivity index (χ4v) is 1.26. The van der Waals surface area contributed by atoms with Gasteiger partial charge in [-0.15, -0.1) is 0 Å². The lowest BCUT2D eigenvalue weighted by Gasteiger charge is -2.23. The van der Waals surface area contributed by atoms with E-state index in [1.54, 1.807) is 0 Å². The van der Waals surface area contributed by atoms with E-state index >= 15 is 0 Å². The summed E-state index contributed by atoms with van der Waals surface area (Å²) in [6, 6.07) is 2.37. The van der Waals surface area contributed by atoms with Gasteiger partial charge in [-0.1, -0.05) is 9.39 Å². The standard InChI is InChI=1S/C7H11N2OP/c8-4-3-7-2-1-6(9-11)5-10-7/h3,6,9H,1-2,5,11H2/t6-/m0/s1. The molecular formula is C7H11N2OP. The zero-order chi connectivity index (χ0) is 8.10. The van der Waals surface area contributed by atoms with Gasteiger partial charge in [-0.05, 0) is 6.42 Å². The molecule has 11 heavy (non-hydrogen) atoms. The van der Waals surface area contributed by atoms with Crippen molar-refractivity contribution in [2.24, 2.45) is 0 Å². The monoisotopic (exact) mass is 170 g/mol. The molecule has 0 saturated carbocycles. The minimum absolute atomic E-state index is 0.413. The Morgan fingerprint density at radius 1 is 1.82 bits per heavy atom. The molecule has 4 heteroatoms. The maximum Gasteiger partial charge on any atom is 0.107 e. The Kier molecular flexibility index (Phi) is 3.35. The number of rotatable bonds is 1. The first-order valence-corrected chi connectivity index (χ1v) is 4.12. The van der Waals surface area contributed by atoms with E-state index in [2.05, 4.69) is 14.5 Å². The van der Waals surface area contributed by atoms with E-state index in [0.717, 1.165) is 18.6 Å². The second-order valence-corrected chi connectivity index (χ2v) is 2.79. The molecule has 1 heterocycles. The van der Waals surface area contributed by atoms with Gasteiger partial charge in [0.05, 0.1) is 12.1 Å². The van der Waals surface area contributed by atoms with Gasteiger partial charge in [0.2, 0.25) is 0 Å². The molecule has 1 N–H and O–H groups in total. The van der Waals surface area contributed by atoms with E-state index in [4.69, 9.17) is 10.00 Å². The molecule has 0 aromatic carbocycles. The molecular weight excluding hydrogens is 159 g/mol. The van der Waals surface area contributed by atoms with Crippen molar-refractivity contribution >= 4 is 9.39 Å². The van der Waals surface area contributed by atoms with Crippen molar-refractivity contribution in [3.05, 3.63) is 11.8 Å². The first-order valence-electron chi connectivity index (χ1n) is 3.54. The quantitative estimate of drug-likeness (QED) is 0.470.